The minimum atomic E-state index is -1.07. The monoisotopic (exact) mass is 593 g/mol. The number of hydrogen-bond acceptors (Lipinski definition) is 5. The van der Waals surface area contributed by atoms with Crippen LogP contribution in [0.15, 0.2) is 60.7 Å². The molecule has 1 unspecified atom stereocenters. The number of aryl methyl sites for hydroxylation is 2. The maximum absolute atomic E-state index is 14.0. The molecule has 1 aliphatic rings. The molecular formula is C34H41F2N3O4. The highest BCUT2D eigenvalue weighted by Gasteiger charge is 2.30. The third-order valence-electron chi connectivity index (χ3n) is 7.82. The quantitative estimate of drug-likeness (QED) is 0.270. The number of ether oxygens (including phenoxy) is 1. The van der Waals surface area contributed by atoms with Crippen LogP contribution in [0.5, 0.6) is 0 Å². The van der Waals surface area contributed by atoms with Gasteiger partial charge in [-0.3, -0.25) is 9.59 Å². The molecule has 4 rings (SSSR count). The number of nitrogens with zero attached hydrogens (tertiary/aromatic N) is 1. The number of benzene rings is 3. The lowest BCUT2D eigenvalue weighted by atomic mass is 9.99. The van der Waals surface area contributed by atoms with Crippen molar-refractivity contribution in [1.29, 1.82) is 0 Å². The smallest absolute Gasteiger partial charge is 0.254 e. The van der Waals surface area contributed by atoms with Gasteiger partial charge in [-0.2, -0.15) is 0 Å². The van der Waals surface area contributed by atoms with Gasteiger partial charge in [-0.15, -0.1) is 0 Å². The standard InChI is InChI=1S/C34H41F2N3O4/c1-4-23-7-5-8-24(13-23)19-37-20-32(40)31(16-25-14-28(35)18-29(36)15-25)38-33(41)26-11-22(2)12-27(17-26)34(42)39-10-6-9-30(39)21-43-3/h5,7-8,11-15,17-18,30-32,37,40H,4,6,9-10,16,19-21H2,1-3H3,(H,38,41)/t30?,31-,32-/m0/s1. The van der Waals surface area contributed by atoms with E-state index >= 15 is 0 Å². The third-order valence-corrected chi connectivity index (χ3v) is 7.82. The predicted molar refractivity (Wildman–Crippen MR) is 162 cm³/mol. The predicted octanol–water partition coefficient (Wildman–Crippen LogP) is 4.58. The van der Waals surface area contributed by atoms with E-state index in [1.807, 2.05) is 19.1 Å². The van der Waals surface area contributed by atoms with Gasteiger partial charge in [0.1, 0.15) is 11.6 Å². The van der Waals surface area contributed by atoms with E-state index in [-0.39, 0.29) is 30.5 Å². The Bertz CT molecular complexity index is 1400. The minimum absolute atomic E-state index is 0.00132. The number of carbonyl (C=O) groups is 2. The highest BCUT2D eigenvalue weighted by molar-refractivity contribution is 6.00. The van der Waals surface area contributed by atoms with Gasteiger partial charge in [-0.05, 0) is 85.2 Å². The Balaban J connectivity index is 1.51. The molecule has 230 valence electrons. The van der Waals surface area contributed by atoms with Crippen LogP contribution in [0, 0.1) is 18.6 Å². The Hall–Kier alpha value is -3.66. The number of halogens is 2. The van der Waals surface area contributed by atoms with Crippen LogP contribution < -0.4 is 10.6 Å². The van der Waals surface area contributed by atoms with Gasteiger partial charge in [-0.1, -0.05) is 31.2 Å². The number of rotatable bonds is 13. The molecule has 0 spiro atoms. The lowest BCUT2D eigenvalue weighted by Crippen LogP contribution is -2.48. The van der Waals surface area contributed by atoms with Crippen LogP contribution in [0.1, 0.15) is 62.7 Å². The number of aliphatic hydroxyl groups excluding tert-OH is 1. The van der Waals surface area contributed by atoms with Crippen molar-refractivity contribution in [3.05, 3.63) is 106 Å². The Morgan fingerprint density at radius 1 is 1.02 bits per heavy atom. The molecule has 43 heavy (non-hydrogen) atoms. The minimum Gasteiger partial charge on any atom is -0.390 e. The first-order chi connectivity index (χ1) is 20.7. The van der Waals surface area contributed by atoms with Crippen molar-refractivity contribution < 1.29 is 28.2 Å². The lowest BCUT2D eigenvalue weighted by Gasteiger charge is -2.26. The fourth-order valence-corrected chi connectivity index (χ4v) is 5.66. The molecule has 0 saturated carbocycles. The first kappa shape index (κ1) is 32.3. The van der Waals surface area contributed by atoms with Gasteiger partial charge in [-0.25, -0.2) is 8.78 Å². The number of carbonyl (C=O) groups excluding carboxylic acids is 2. The largest absolute Gasteiger partial charge is 0.390 e. The third kappa shape index (κ3) is 8.92. The molecule has 0 aromatic heterocycles. The molecule has 1 fully saturated rings. The Morgan fingerprint density at radius 2 is 1.74 bits per heavy atom. The summed E-state index contributed by atoms with van der Waals surface area (Å²) in [4.78, 5) is 28.7. The van der Waals surface area contributed by atoms with E-state index in [4.69, 9.17) is 4.74 Å². The molecule has 0 bridgehead atoms. The molecular weight excluding hydrogens is 552 g/mol. The summed E-state index contributed by atoms with van der Waals surface area (Å²) in [6.45, 7) is 5.59. The van der Waals surface area contributed by atoms with Gasteiger partial charge in [0.25, 0.3) is 11.8 Å². The Kier molecular flexibility index (Phi) is 11.4. The van der Waals surface area contributed by atoms with Gasteiger partial charge < -0.3 is 25.4 Å². The summed E-state index contributed by atoms with van der Waals surface area (Å²) in [5, 5.41) is 17.3. The molecule has 0 aliphatic carbocycles. The normalized spacial score (nSPS) is 16.2. The van der Waals surface area contributed by atoms with Gasteiger partial charge in [0.2, 0.25) is 0 Å². The van der Waals surface area contributed by atoms with Crippen molar-refractivity contribution in [2.75, 3.05) is 26.8 Å². The van der Waals surface area contributed by atoms with Crippen molar-refractivity contribution in [2.24, 2.45) is 0 Å². The summed E-state index contributed by atoms with van der Waals surface area (Å²) < 4.78 is 33.3. The topological polar surface area (TPSA) is 90.9 Å². The van der Waals surface area contributed by atoms with E-state index in [0.29, 0.717) is 30.8 Å². The number of hydrogen-bond donors (Lipinski definition) is 3. The summed E-state index contributed by atoms with van der Waals surface area (Å²) in [5.41, 5.74) is 3.95. The summed E-state index contributed by atoms with van der Waals surface area (Å²) in [6, 6.07) is 15.4. The SMILES string of the molecule is CCc1cccc(CNC[C@H](O)[C@H](Cc2cc(F)cc(F)c2)NC(=O)c2cc(C)cc(C(=O)N3CCCC3COC)c2)c1. The average Bonchev–Trinajstić information content (AvgIpc) is 3.44. The van der Waals surface area contributed by atoms with Crippen LogP contribution in [0.3, 0.4) is 0 Å². The second-order valence-corrected chi connectivity index (χ2v) is 11.3. The fraction of sp³-hybridized carbons (Fsp3) is 0.412. The van der Waals surface area contributed by atoms with Crippen molar-refractivity contribution in [1.82, 2.24) is 15.5 Å². The number of methoxy groups -OCH3 is 1. The van der Waals surface area contributed by atoms with Gasteiger partial charge in [0.15, 0.2) is 0 Å². The van der Waals surface area contributed by atoms with Crippen molar-refractivity contribution >= 4 is 11.8 Å². The molecule has 3 aromatic carbocycles. The van der Waals surface area contributed by atoms with E-state index in [2.05, 4.69) is 29.7 Å². The summed E-state index contributed by atoms with van der Waals surface area (Å²) in [7, 11) is 1.61. The lowest BCUT2D eigenvalue weighted by molar-refractivity contribution is 0.0630. The molecule has 9 heteroatoms. The van der Waals surface area contributed by atoms with Crippen molar-refractivity contribution in [2.45, 2.75) is 64.3 Å². The van der Waals surface area contributed by atoms with E-state index < -0.39 is 29.7 Å². The van der Waals surface area contributed by atoms with E-state index in [1.54, 1.807) is 30.2 Å². The van der Waals surface area contributed by atoms with E-state index in [1.165, 1.54) is 17.7 Å². The fourth-order valence-electron chi connectivity index (χ4n) is 5.66. The molecule has 7 nitrogen and oxygen atoms in total. The molecule has 1 aliphatic heterocycles. The molecule has 3 atom stereocenters. The van der Waals surface area contributed by atoms with Crippen LogP contribution >= 0.6 is 0 Å². The summed E-state index contributed by atoms with van der Waals surface area (Å²) in [6.07, 6.45) is 1.58. The number of aliphatic hydroxyl groups is 1. The highest BCUT2D eigenvalue weighted by Crippen LogP contribution is 2.22. The van der Waals surface area contributed by atoms with Crippen LogP contribution in [-0.4, -0.2) is 66.8 Å². The Morgan fingerprint density at radius 3 is 2.47 bits per heavy atom. The van der Waals surface area contributed by atoms with Gasteiger partial charge in [0.05, 0.1) is 24.8 Å². The van der Waals surface area contributed by atoms with Gasteiger partial charge in [0, 0.05) is 43.9 Å². The average molecular weight is 594 g/mol. The highest BCUT2D eigenvalue weighted by atomic mass is 19.1. The second kappa shape index (κ2) is 15.2. The molecule has 1 heterocycles. The second-order valence-electron chi connectivity index (χ2n) is 11.3. The molecule has 0 radical (unpaired) electrons. The van der Waals surface area contributed by atoms with Crippen molar-refractivity contribution in [3.8, 4) is 0 Å². The van der Waals surface area contributed by atoms with Gasteiger partial charge >= 0.3 is 0 Å². The van der Waals surface area contributed by atoms with Crippen molar-refractivity contribution in [3.63, 3.8) is 0 Å². The van der Waals surface area contributed by atoms with E-state index in [0.717, 1.165) is 36.5 Å². The Labute approximate surface area is 252 Å². The summed E-state index contributed by atoms with van der Waals surface area (Å²) >= 11 is 0. The first-order valence-electron chi connectivity index (χ1n) is 14.8. The van der Waals surface area contributed by atoms with Crippen LogP contribution in [0.2, 0.25) is 0 Å². The molecule has 1 saturated heterocycles. The number of amides is 2. The first-order valence-corrected chi connectivity index (χ1v) is 14.8. The number of nitrogens with one attached hydrogen (secondary N) is 2. The maximum Gasteiger partial charge on any atom is 0.254 e. The zero-order valence-electron chi connectivity index (χ0n) is 25.0. The van der Waals surface area contributed by atoms with Crippen LogP contribution in [-0.2, 0) is 24.1 Å². The van der Waals surface area contributed by atoms with Crippen LogP contribution in [0.4, 0.5) is 8.78 Å². The molecule has 3 aromatic rings. The molecule has 3 N–H and O–H groups in total. The van der Waals surface area contributed by atoms with Crippen LogP contribution in [0.25, 0.3) is 0 Å². The number of likely N-dealkylation sites (tertiary alicyclic amines) is 1. The maximum atomic E-state index is 14.0. The molecule has 2 amide bonds. The summed E-state index contributed by atoms with van der Waals surface area (Å²) in [5.74, 6) is -2.14. The zero-order valence-corrected chi connectivity index (χ0v) is 25.0. The zero-order chi connectivity index (χ0) is 30.9. The van der Waals surface area contributed by atoms with E-state index in [9.17, 15) is 23.5 Å².